The number of hydrogen-bond acceptors (Lipinski definition) is 3. The summed E-state index contributed by atoms with van der Waals surface area (Å²) in [5.74, 6) is -1.08. The molecule has 0 N–H and O–H groups in total. The standard InChI is InChI=1S/C4H4S.C2H4O2.Na/c1-2-4-5-3-1;1-2(3)4;/h1-4H;1H3,(H,3,4);/q;;+1/p-1. The SMILES string of the molecule is CC(=O)[O-].[Na+].c1ccsc1. The summed E-state index contributed by atoms with van der Waals surface area (Å²) in [4.78, 5) is 8.89. The van der Waals surface area contributed by atoms with Gasteiger partial charge in [0.25, 0.3) is 0 Å². The Morgan fingerprint density at radius 3 is 1.80 bits per heavy atom. The fourth-order valence-corrected chi connectivity index (χ4v) is 0.680. The third-order valence-corrected chi connectivity index (χ3v) is 1.05. The Labute approximate surface area is 86.2 Å². The van der Waals surface area contributed by atoms with Gasteiger partial charge in [-0.15, -0.1) is 0 Å². The molecule has 0 fully saturated rings. The van der Waals surface area contributed by atoms with Gasteiger partial charge in [0.2, 0.25) is 0 Å². The number of rotatable bonds is 0. The van der Waals surface area contributed by atoms with Gasteiger partial charge < -0.3 is 9.90 Å². The van der Waals surface area contributed by atoms with Crippen LogP contribution in [-0.4, -0.2) is 5.97 Å². The van der Waals surface area contributed by atoms with E-state index in [1.165, 1.54) is 0 Å². The fraction of sp³-hybridized carbons (Fsp3) is 0.167. The summed E-state index contributed by atoms with van der Waals surface area (Å²) < 4.78 is 0. The summed E-state index contributed by atoms with van der Waals surface area (Å²) in [6.07, 6.45) is 0. The van der Waals surface area contributed by atoms with Gasteiger partial charge in [-0.05, 0) is 17.7 Å². The number of carboxylic acid groups (broad SMARTS) is 1. The van der Waals surface area contributed by atoms with E-state index in [1.807, 2.05) is 22.9 Å². The van der Waals surface area contributed by atoms with E-state index in [4.69, 9.17) is 9.90 Å². The van der Waals surface area contributed by atoms with Crippen molar-refractivity contribution in [3.63, 3.8) is 0 Å². The van der Waals surface area contributed by atoms with Gasteiger partial charge in [0.05, 0.1) is 0 Å². The van der Waals surface area contributed by atoms with Crippen LogP contribution >= 0.6 is 11.3 Å². The Morgan fingerprint density at radius 2 is 1.70 bits per heavy atom. The zero-order valence-corrected chi connectivity index (χ0v) is 8.85. The van der Waals surface area contributed by atoms with E-state index in [0.29, 0.717) is 0 Å². The van der Waals surface area contributed by atoms with Crippen LogP contribution in [0, 0.1) is 0 Å². The Morgan fingerprint density at radius 1 is 1.40 bits per heavy atom. The first-order valence-corrected chi connectivity index (χ1v) is 3.32. The molecule has 0 saturated heterocycles. The minimum Gasteiger partial charge on any atom is -0.550 e. The molecule has 0 aliphatic rings. The normalized spacial score (nSPS) is 6.50. The summed E-state index contributed by atoms with van der Waals surface area (Å²) in [5, 5.41) is 13.0. The number of carboxylic acids is 1. The molecule has 1 aromatic rings. The average molecular weight is 166 g/mol. The summed E-state index contributed by atoms with van der Waals surface area (Å²) in [5.41, 5.74) is 0. The monoisotopic (exact) mass is 166 g/mol. The maximum Gasteiger partial charge on any atom is 1.00 e. The molecule has 0 unspecified atom stereocenters. The molecule has 1 heterocycles. The van der Waals surface area contributed by atoms with Gasteiger partial charge in [0.1, 0.15) is 0 Å². The number of aliphatic carboxylic acids is 1. The second-order valence-corrected chi connectivity index (χ2v) is 2.10. The predicted octanol–water partition coefficient (Wildman–Crippen LogP) is -2.49. The number of hydrogen-bond donors (Lipinski definition) is 0. The number of carbonyl (C=O) groups excluding carboxylic acids is 1. The second kappa shape index (κ2) is 9.17. The van der Waals surface area contributed by atoms with Crippen LogP contribution in [0.4, 0.5) is 0 Å². The average Bonchev–Trinajstić information content (AvgIpc) is 2.11. The van der Waals surface area contributed by atoms with Gasteiger partial charge in [-0.25, -0.2) is 0 Å². The predicted molar refractivity (Wildman–Crippen MR) is 35.0 cm³/mol. The molecule has 1 aromatic heterocycles. The van der Waals surface area contributed by atoms with Crippen LogP contribution in [0.3, 0.4) is 0 Å². The minimum atomic E-state index is -1.08. The van der Waals surface area contributed by atoms with Crippen LogP contribution in [0.25, 0.3) is 0 Å². The van der Waals surface area contributed by atoms with E-state index in [9.17, 15) is 0 Å². The van der Waals surface area contributed by atoms with Gasteiger partial charge in [-0.1, -0.05) is 12.1 Å². The molecule has 0 bridgehead atoms. The van der Waals surface area contributed by atoms with Crippen LogP contribution in [0.2, 0.25) is 0 Å². The van der Waals surface area contributed by atoms with Crippen molar-refractivity contribution in [2.24, 2.45) is 0 Å². The van der Waals surface area contributed by atoms with Gasteiger partial charge in [0.15, 0.2) is 0 Å². The molecule has 0 radical (unpaired) electrons. The topological polar surface area (TPSA) is 40.1 Å². The maximum absolute atomic E-state index is 8.89. The van der Waals surface area contributed by atoms with E-state index in [2.05, 4.69) is 0 Å². The Bertz CT molecular complexity index is 130. The third-order valence-electron chi connectivity index (χ3n) is 0.425. The summed E-state index contributed by atoms with van der Waals surface area (Å²) in [6, 6.07) is 4.04. The first-order chi connectivity index (χ1) is 4.23. The van der Waals surface area contributed by atoms with Crippen molar-refractivity contribution in [3.8, 4) is 0 Å². The van der Waals surface area contributed by atoms with Crippen LogP contribution in [-0.2, 0) is 4.79 Å². The quantitative estimate of drug-likeness (QED) is 0.400. The molecule has 10 heavy (non-hydrogen) atoms. The molecule has 4 heteroatoms. The van der Waals surface area contributed by atoms with Crippen LogP contribution < -0.4 is 34.7 Å². The van der Waals surface area contributed by atoms with Crippen LogP contribution in [0.15, 0.2) is 22.9 Å². The maximum atomic E-state index is 8.89. The number of thiophene rings is 1. The van der Waals surface area contributed by atoms with Crippen molar-refractivity contribution < 1.29 is 39.5 Å². The summed E-state index contributed by atoms with van der Waals surface area (Å²) in [6.45, 7) is 0.972. The molecule has 2 nitrogen and oxygen atoms in total. The first kappa shape index (κ1) is 12.8. The fourth-order valence-electron chi connectivity index (χ4n) is 0.227. The molecular formula is C6H7NaO2S. The van der Waals surface area contributed by atoms with Crippen molar-refractivity contribution in [2.45, 2.75) is 6.92 Å². The molecule has 0 aromatic carbocycles. The van der Waals surface area contributed by atoms with Gasteiger partial charge >= 0.3 is 29.6 Å². The van der Waals surface area contributed by atoms with E-state index < -0.39 is 5.97 Å². The van der Waals surface area contributed by atoms with Crippen LogP contribution in [0.1, 0.15) is 6.92 Å². The van der Waals surface area contributed by atoms with E-state index in [0.717, 1.165) is 6.92 Å². The molecule has 0 aliphatic carbocycles. The van der Waals surface area contributed by atoms with E-state index >= 15 is 0 Å². The number of carbonyl (C=O) groups is 1. The third kappa shape index (κ3) is 15.7. The molecule has 0 atom stereocenters. The molecule has 0 saturated carbocycles. The smallest absolute Gasteiger partial charge is 0.550 e. The Kier molecular flexibility index (Phi) is 11.7. The van der Waals surface area contributed by atoms with E-state index in [-0.39, 0.29) is 29.6 Å². The van der Waals surface area contributed by atoms with Crippen molar-refractivity contribution >= 4 is 17.3 Å². The Hall–Kier alpha value is 0.170. The van der Waals surface area contributed by atoms with Gasteiger partial charge in [-0.3, -0.25) is 0 Å². The van der Waals surface area contributed by atoms with Crippen LogP contribution in [0.5, 0.6) is 0 Å². The molecule has 0 amide bonds. The van der Waals surface area contributed by atoms with E-state index in [1.54, 1.807) is 11.3 Å². The second-order valence-electron chi connectivity index (χ2n) is 1.28. The summed E-state index contributed by atoms with van der Waals surface area (Å²) in [7, 11) is 0. The molecule has 50 valence electrons. The molecule has 0 aliphatic heterocycles. The summed E-state index contributed by atoms with van der Waals surface area (Å²) >= 11 is 1.71. The largest absolute Gasteiger partial charge is 1.00 e. The zero-order chi connectivity index (χ0) is 7.11. The Balaban J connectivity index is 0. The van der Waals surface area contributed by atoms with Gasteiger partial charge in [-0.2, -0.15) is 11.3 Å². The van der Waals surface area contributed by atoms with Gasteiger partial charge in [0, 0.05) is 5.97 Å². The van der Waals surface area contributed by atoms with Crippen molar-refractivity contribution in [1.82, 2.24) is 0 Å². The molecule has 1 rings (SSSR count). The first-order valence-electron chi connectivity index (χ1n) is 2.38. The van der Waals surface area contributed by atoms with Crippen molar-refractivity contribution in [2.75, 3.05) is 0 Å². The molecule has 0 spiro atoms. The van der Waals surface area contributed by atoms with Crippen molar-refractivity contribution in [1.29, 1.82) is 0 Å². The zero-order valence-electron chi connectivity index (χ0n) is 6.03. The van der Waals surface area contributed by atoms with Crippen molar-refractivity contribution in [3.05, 3.63) is 22.9 Å². The molecular weight excluding hydrogens is 159 g/mol. The minimum absolute atomic E-state index is 0.